The molecule has 0 N–H and O–H groups in total. The van der Waals surface area contributed by atoms with E-state index in [1.54, 1.807) is 17.0 Å². The molecule has 0 saturated carbocycles. The van der Waals surface area contributed by atoms with Gasteiger partial charge in [0.05, 0.1) is 23.0 Å². The maximum absolute atomic E-state index is 12.0. The molecule has 1 aromatic carbocycles. The highest BCUT2D eigenvalue weighted by molar-refractivity contribution is 6.14. The number of ketones is 1. The van der Waals surface area contributed by atoms with Crippen molar-refractivity contribution in [3.63, 3.8) is 0 Å². The number of hydrogen-bond acceptors (Lipinski definition) is 5. The topological polar surface area (TPSA) is 87.3 Å². The molecule has 2 heterocycles. The SMILES string of the molecule is O=C1C(=Cn2ccnc2)Oc2ccc([N+](=O)[O-])cc21. The van der Waals surface area contributed by atoms with Crippen LogP contribution in [0.2, 0.25) is 0 Å². The van der Waals surface area contributed by atoms with E-state index in [0.29, 0.717) is 5.75 Å². The van der Waals surface area contributed by atoms with Gasteiger partial charge in [0, 0.05) is 24.5 Å². The van der Waals surface area contributed by atoms with Gasteiger partial charge in [0.1, 0.15) is 5.75 Å². The highest BCUT2D eigenvalue weighted by Gasteiger charge is 2.29. The third-order valence-corrected chi connectivity index (χ3v) is 2.65. The maximum atomic E-state index is 12.0. The lowest BCUT2D eigenvalue weighted by Gasteiger charge is -1.97. The van der Waals surface area contributed by atoms with Crippen LogP contribution in [0, 0.1) is 10.1 Å². The molecular formula is C12H7N3O4. The molecule has 0 unspecified atom stereocenters. The van der Waals surface area contributed by atoms with Crippen molar-refractivity contribution in [2.75, 3.05) is 0 Å². The quantitative estimate of drug-likeness (QED) is 0.465. The van der Waals surface area contributed by atoms with Crippen molar-refractivity contribution < 1.29 is 14.5 Å². The number of fused-ring (bicyclic) bond motifs is 1. The van der Waals surface area contributed by atoms with Crippen LogP contribution in [0.1, 0.15) is 10.4 Å². The summed E-state index contributed by atoms with van der Waals surface area (Å²) in [6, 6.07) is 3.93. The van der Waals surface area contributed by atoms with Crippen LogP contribution in [-0.2, 0) is 0 Å². The van der Waals surface area contributed by atoms with Gasteiger partial charge in [0.15, 0.2) is 5.76 Å². The number of imidazole rings is 1. The van der Waals surface area contributed by atoms with E-state index in [1.165, 1.54) is 30.7 Å². The number of aromatic nitrogens is 2. The van der Waals surface area contributed by atoms with Gasteiger partial charge in [-0.25, -0.2) is 4.98 Å². The van der Waals surface area contributed by atoms with E-state index < -0.39 is 4.92 Å². The van der Waals surface area contributed by atoms with Crippen LogP contribution in [0.5, 0.6) is 5.75 Å². The lowest BCUT2D eigenvalue weighted by atomic mass is 10.1. The summed E-state index contributed by atoms with van der Waals surface area (Å²) in [5.74, 6) is 0.0443. The summed E-state index contributed by atoms with van der Waals surface area (Å²) in [4.78, 5) is 26.0. The van der Waals surface area contributed by atoms with Gasteiger partial charge in [-0.3, -0.25) is 14.9 Å². The van der Waals surface area contributed by atoms with Crippen LogP contribution in [0.4, 0.5) is 5.69 Å². The average Bonchev–Trinajstić information content (AvgIpc) is 2.99. The summed E-state index contributed by atoms with van der Waals surface area (Å²) in [6.45, 7) is 0. The molecule has 7 heteroatoms. The smallest absolute Gasteiger partial charge is 0.270 e. The minimum absolute atomic E-state index is 0.105. The first-order chi connectivity index (χ1) is 9.15. The number of nitrogens with zero attached hydrogens (tertiary/aromatic N) is 3. The van der Waals surface area contributed by atoms with Crippen LogP contribution in [0.3, 0.4) is 0 Å². The first kappa shape index (κ1) is 11.1. The van der Waals surface area contributed by atoms with Crippen molar-refractivity contribution in [1.29, 1.82) is 0 Å². The summed E-state index contributed by atoms with van der Waals surface area (Å²) >= 11 is 0. The number of carbonyl (C=O) groups excluding carboxylic acids is 1. The molecule has 0 amide bonds. The Labute approximate surface area is 106 Å². The predicted molar refractivity (Wildman–Crippen MR) is 64.6 cm³/mol. The third kappa shape index (κ3) is 1.86. The summed E-state index contributed by atoms with van der Waals surface area (Å²) in [7, 11) is 0. The molecule has 1 aromatic heterocycles. The zero-order valence-corrected chi connectivity index (χ0v) is 9.52. The van der Waals surface area contributed by atoms with Crippen molar-refractivity contribution >= 4 is 17.7 Å². The van der Waals surface area contributed by atoms with Crippen molar-refractivity contribution in [3.8, 4) is 5.75 Å². The molecule has 94 valence electrons. The van der Waals surface area contributed by atoms with Gasteiger partial charge in [-0.2, -0.15) is 0 Å². The van der Waals surface area contributed by atoms with E-state index in [2.05, 4.69) is 4.98 Å². The molecule has 7 nitrogen and oxygen atoms in total. The number of non-ortho nitro benzene ring substituents is 1. The second kappa shape index (κ2) is 4.05. The zero-order valence-electron chi connectivity index (χ0n) is 9.52. The minimum Gasteiger partial charge on any atom is -0.451 e. The van der Waals surface area contributed by atoms with Gasteiger partial charge in [0.25, 0.3) is 5.69 Å². The number of benzene rings is 1. The maximum Gasteiger partial charge on any atom is 0.270 e. The number of Topliss-reactive ketones (excluding diaryl/α,β-unsaturated/α-hetero) is 1. The molecule has 0 atom stereocenters. The van der Waals surface area contributed by atoms with Crippen molar-refractivity contribution in [2.45, 2.75) is 0 Å². The van der Waals surface area contributed by atoms with Gasteiger partial charge in [-0.1, -0.05) is 0 Å². The molecule has 0 saturated heterocycles. The molecule has 0 fully saturated rings. The van der Waals surface area contributed by atoms with Crippen molar-refractivity contribution in [3.05, 3.63) is 58.4 Å². The Balaban J connectivity index is 2.00. The first-order valence-corrected chi connectivity index (χ1v) is 5.35. The Morgan fingerprint density at radius 3 is 2.95 bits per heavy atom. The third-order valence-electron chi connectivity index (χ3n) is 2.65. The molecule has 3 rings (SSSR count). The molecule has 19 heavy (non-hydrogen) atoms. The second-order valence-corrected chi connectivity index (χ2v) is 3.87. The molecule has 0 aliphatic carbocycles. The number of carbonyl (C=O) groups is 1. The number of rotatable bonds is 2. The second-order valence-electron chi connectivity index (χ2n) is 3.87. The van der Waals surface area contributed by atoms with E-state index in [0.717, 1.165) is 0 Å². The lowest BCUT2D eigenvalue weighted by molar-refractivity contribution is -0.384. The Morgan fingerprint density at radius 1 is 1.42 bits per heavy atom. The van der Waals surface area contributed by atoms with E-state index in [4.69, 9.17) is 4.74 Å². The van der Waals surface area contributed by atoms with Crippen LogP contribution in [-0.4, -0.2) is 20.3 Å². The average molecular weight is 257 g/mol. The molecule has 1 aliphatic heterocycles. The van der Waals surface area contributed by atoms with Crippen LogP contribution >= 0.6 is 0 Å². The zero-order chi connectivity index (χ0) is 13.4. The van der Waals surface area contributed by atoms with E-state index in [9.17, 15) is 14.9 Å². The molecule has 0 radical (unpaired) electrons. The summed E-state index contributed by atoms with van der Waals surface area (Å²) in [5.41, 5.74) is 0.0557. The summed E-state index contributed by atoms with van der Waals surface area (Å²) in [5, 5.41) is 10.7. The molecule has 2 aromatic rings. The van der Waals surface area contributed by atoms with E-state index in [1.807, 2.05) is 0 Å². The van der Waals surface area contributed by atoms with Crippen molar-refractivity contribution in [2.24, 2.45) is 0 Å². The molecular weight excluding hydrogens is 250 g/mol. The Bertz CT molecular complexity index is 704. The standard InChI is InChI=1S/C12H7N3O4/c16-12-9-5-8(15(17)18)1-2-10(9)19-11(12)6-14-4-3-13-7-14/h1-7H. The fourth-order valence-electron chi connectivity index (χ4n) is 1.76. The van der Waals surface area contributed by atoms with Crippen molar-refractivity contribution in [1.82, 2.24) is 9.55 Å². The van der Waals surface area contributed by atoms with Crippen LogP contribution < -0.4 is 4.74 Å². The van der Waals surface area contributed by atoms with Crippen LogP contribution in [0.15, 0.2) is 42.7 Å². The van der Waals surface area contributed by atoms with Gasteiger partial charge >= 0.3 is 0 Å². The fraction of sp³-hybridized carbons (Fsp3) is 0. The number of ether oxygens (including phenoxy) is 1. The van der Waals surface area contributed by atoms with E-state index in [-0.39, 0.29) is 22.8 Å². The Kier molecular flexibility index (Phi) is 2.38. The first-order valence-electron chi connectivity index (χ1n) is 5.35. The highest BCUT2D eigenvalue weighted by atomic mass is 16.6. The molecule has 0 spiro atoms. The lowest BCUT2D eigenvalue weighted by Crippen LogP contribution is -2.00. The van der Waals surface area contributed by atoms with Gasteiger partial charge in [0.2, 0.25) is 5.78 Å². The molecule has 0 bridgehead atoms. The number of allylic oxidation sites excluding steroid dienone is 1. The van der Waals surface area contributed by atoms with Gasteiger partial charge < -0.3 is 9.30 Å². The summed E-state index contributed by atoms with van der Waals surface area (Å²) in [6.07, 6.45) is 6.19. The minimum atomic E-state index is -0.550. The number of nitro groups is 1. The molecule has 1 aliphatic rings. The van der Waals surface area contributed by atoms with Gasteiger partial charge in [-0.05, 0) is 6.07 Å². The monoisotopic (exact) mass is 257 g/mol. The largest absolute Gasteiger partial charge is 0.451 e. The Morgan fingerprint density at radius 2 is 2.26 bits per heavy atom. The number of hydrogen-bond donors (Lipinski definition) is 0. The number of nitro benzene ring substituents is 1. The predicted octanol–water partition coefficient (Wildman–Crippen LogP) is 1.86. The fourth-order valence-corrected chi connectivity index (χ4v) is 1.76. The Hall–Kier alpha value is -2.96. The van der Waals surface area contributed by atoms with E-state index >= 15 is 0 Å². The van der Waals surface area contributed by atoms with Crippen LogP contribution in [0.25, 0.3) is 6.20 Å². The van der Waals surface area contributed by atoms with Gasteiger partial charge in [-0.15, -0.1) is 0 Å². The summed E-state index contributed by atoms with van der Waals surface area (Å²) < 4.78 is 6.93. The highest BCUT2D eigenvalue weighted by Crippen LogP contribution is 2.33. The normalized spacial score (nSPS) is 15.4.